The van der Waals surface area contributed by atoms with Crippen LogP contribution in [0.4, 0.5) is 0 Å². The first-order valence-corrected chi connectivity index (χ1v) is 9.08. The molecule has 0 saturated heterocycles. The van der Waals surface area contributed by atoms with Gasteiger partial charge in [0, 0.05) is 0 Å². The first-order valence-electron chi connectivity index (χ1n) is 3.03. The van der Waals surface area contributed by atoms with E-state index in [1.54, 1.807) is 0 Å². The summed E-state index contributed by atoms with van der Waals surface area (Å²) in [6.45, 7) is 0. The zero-order chi connectivity index (χ0) is 14.1. The quantitative estimate of drug-likeness (QED) is 0.194. The molecule has 13 nitrogen and oxygen atoms in total. The van der Waals surface area contributed by atoms with E-state index in [4.69, 9.17) is 29.4 Å². The Morgan fingerprint density at radius 1 is 0.526 bits per heavy atom. The van der Waals surface area contributed by atoms with Gasteiger partial charge in [-0.05, 0) is 0 Å². The summed E-state index contributed by atoms with van der Waals surface area (Å²) in [4.78, 5) is 49.4. The van der Waals surface area contributed by atoms with E-state index >= 15 is 0 Å². The van der Waals surface area contributed by atoms with E-state index in [2.05, 4.69) is 12.9 Å². The van der Waals surface area contributed by atoms with Crippen molar-refractivity contribution in [2.75, 3.05) is 0 Å². The van der Waals surface area contributed by atoms with Gasteiger partial charge in [0.25, 0.3) is 0 Å². The van der Waals surface area contributed by atoms with E-state index in [-0.39, 0.29) is 75.5 Å². The van der Waals surface area contributed by atoms with E-state index in [9.17, 15) is 18.3 Å². The Balaban J connectivity index is -0.00000128. The van der Waals surface area contributed by atoms with Crippen molar-refractivity contribution < 1.29 is 60.6 Å². The molecule has 2 unspecified atom stereocenters. The van der Waals surface area contributed by atoms with Gasteiger partial charge in [0.2, 0.25) is 0 Å². The molecular formula is H10Ca2O13P4. The third-order valence-corrected chi connectivity index (χ3v) is 5.63. The predicted molar refractivity (Wildman–Crippen MR) is 64.1 cm³/mol. The molecule has 0 heterocycles. The summed E-state index contributed by atoms with van der Waals surface area (Å²) in [5.74, 6) is 0. The zero-order valence-corrected chi connectivity index (χ0v) is 10.9. The Bertz CT molecular complexity index is 411. The van der Waals surface area contributed by atoms with Crippen molar-refractivity contribution in [3.05, 3.63) is 0 Å². The van der Waals surface area contributed by atoms with Gasteiger partial charge in [0.15, 0.2) is 0 Å². The van der Waals surface area contributed by atoms with Gasteiger partial charge in [-0.2, -0.15) is 12.9 Å². The molecule has 19 heavy (non-hydrogen) atoms. The van der Waals surface area contributed by atoms with E-state index in [0.29, 0.717) is 0 Å². The standard InChI is InChI=1S/2Ca.H6O13P4.4H/c;;1-14(2,3)11-16(7,8)13-17(9,10)12-15(4,5)6;;;;/h;;(H,7,8)(H,9,10)(H2,1,2,3)(H2,4,5,6);;;;. The number of rotatable bonds is 6. The van der Waals surface area contributed by atoms with Crippen LogP contribution >= 0.6 is 31.3 Å². The average molecular weight is 422 g/mol. The first-order chi connectivity index (χ1) is 7.12. The third kappa shape index (κ3) is 17.3. The molecule has 0 amide bonds. The van der Waals surface area contributed by atoms with Gasteiger partial charge in [-0.25, -0.2) is 18.3 Å². The fourth-order valence-electron chi connectivity index (χ4n) is 0.429. The minimum atomic E-state index is -5.77. The summed E-state index contributed by atoms with van der Waals surface area (Å²) in [6.07, 6.45) is 0. The van der Waals surface area contributed by atoms with E-state index < -0.39 is 31.3 Å². The number of hydrogen-bond acceptors (Lipinski definition) is 7. The van der Waals surface area contributed by atoms with Crippen LogP contribution in [-0.4, -0.2) is 105 Å². The van der Waals surface area contributed by atoms with Crippen LogP contribution in [0.25, 0.3) is 0 Å². The second-order valence-electron chi connectivity index (χ2n) is 2.16. The molecule has 0 aliphatic heterocycles. The van der Waals surface area contributed by atoms with Crippen LogP contribution in [-0.2, 0) is 31.2 Å². The molecule has 112 valence electrons. The molecule has 0 saturated carbocycles. The molecule has 19 heteroatoms. The Morgan fingerprint density at radius 3 is 0.895 bits per heavy atom. The summed E-state index contributed by atoms with van der Waals surface area (Å²) < 4.78 is 50.9. The molecule has 0 fully saturated rings. The zero-order valence-electron chi connectivity index (χ0n) is 7.33. The SMILES string of the molecule is O=P(O)(O)OP(=O)(O)OP(=O)(O)OP(=O)(O)O.[CaH2].[CaH2]. The maximum absolute atomic E-state index is 10.7. The predicted octanol–water partition coefficient (Wildman–Crippen LogP) is -2.41. The summed E-state index contributed by atoms with van der Waals surface area (Å²) >= 11 is 0. The Hall–Kier alpha value is 3.08. The van der Waals surface area contributed by atoms with Crippen molar-refractivity contribution >= 4 is 107 Å². The van der Waals surface area contributed by atoms with Gasteiger partial charge in [0.05, 0.1) is 0 Å². The first kappa shape index (κ1) is 27.0. The molecule has 0 rings (SSSR count). The molecule has 0 radical (unpaired) electrons. The topological polar surface area (TPSA) is 217 Å². The van der Waals surface area contributed by atoms with Crippen molar-refractivity contribution in [3.8, 4) is 0 Å². The fraction of sp³-hybridized carbons (Fsp3) is 0. The van der Waals surface area contributed by atoms with Crippen molar-refractivity contribution in [2.45, 2.75) is 0 Å². The van der Waals surface area contributed by atoms with Gasteiger partial charge < -0.3 is 29.4 Å². The summed E-state index contributed by atoms with van der Waals surface area (Å²) in [5, 5.41) is 0. The van der Waals surface area contributed by atoms with Crippen molar-refractivity contribution in [2.24, 2.45) is 0 Å². The van der Waals surface area contributed by atoms with Crippen LogP contribution in [0.1, 0.15) is 0 Å². The average Bonchev–Trinajstić information content (AvgIpc) is 1.65. The second-order valence-corrected chi connectivity index (χ2v) is 7.96. The molecular weight excluding hydrogens is 412 g/mol. The van der Waals surface area contributed by atoms with Gasteiger partial charge in [-0.15, -0.1) is 0 Å². The van der Waals surface area contributed by atoms with Crippen LogP contribution in [0.2, 0.25) is 0 Å². The minimum absolute atomic E-state index is 0. The molecule has 0 aromatic rings. The van der Waals surface area contributed by atoms with E-state index in [0.717, 1.165) is 0 Å². The molecule has 6 N–H and O–H groups in total. The van der Waals surface area contributed by atoms with Crippen molar-refractivity contribution in [1.29, 1.82) is 0 Å². The fourth-order valence-corrected chi connectivity index (χ4v) is 4.40. The van der Waals surface area contributed by atoms with Crippen LogP contribution in [0.3, 0.4) is 0 Å². The van der Waals surface area contributed by atoms with Crippen LogP contribution < -0.4 is 0 Å². The van der Waals surface area contributed by atoms with Crippen molar-refractivity contribution in [1.82, 2.24) is 0 Å². The molecule has 0 bridgehead atoms. The maximum atomic E-state index is 10.7. The summed E-state index contributed by atoms with van der Waals surface area (Å²) in [7, 11) is -22.6. The normalized spacial score (nSPS) is 18.4. The molecule has 0 aromatic heterocycles. The van der Waals surface area contributed by atoms with Gasteiger partial charge in [-0.3, -0.25) is 0 Å². The molecule has 0 aliphatic carbocycles. The van der Waals surface area contributed by atoms with Crippen LogP contribution in [0.15, 0.2) is 0 Å². The molecule has 0 aromatic carbocycles. The number of phosphoric acid groups is 4. The van der Waals surface area contributed by atoms with Gasteiger partial charge in [0.1, 0.15) is 0 Å². The number of hydrogen-bond donors (Lipinski definition) is 6. The second kappa shape index (κ2) is 9.39. The Morgan fingerprint density at radius 2 is 0.737 bits per heavy atom. The van der Waals surface area contributed by atoms with E-state index in [1.165, 1.54) is 0 Å². The van der Waals surface area contributed by atoms with Gasteiger partial charge >= 0.3 is 107 Å². The Kier molecular flexibility index (Phi) is 13.3. The third-order valence-electron chi connectivity index (χ3n) is 0.625. The van der Waals surface area contributed by atoms with E-state index in [1.807, 2.05) is 0 Å². The molecule has 0 spiro atoms. The molecule has 0 aliphatic rings. The molecule has 2 atom stereocenters. The van der Waals surface area contributed by atoms with Crippen molar-refractivity contribution in [3.63, 3.8) is 0 Å². The Labute approximate surface area is 165 Å². The van der Waals surface area contributed by atoms with Gasteiger partial charge in [-0.1, -0.05) is 0 Å². The van der Waals surface area contributed by atoms with Crippen LogP contribution in [0, 0.1) is 0 Å². The monoisotopic (exact) mass is 422 g/mol. The van der Waals surface area contributed by atoms with Crippen LogP contribution in [0.5, 0.6) is 0 Å². The summed E-state index contributed by atoms with van der Waals surface area (Å²) in [5.41, 5.74) is 0. The summed E-state index contributed by atoms with van der Waals surface area (Å²) in [6, 6.07) is 0.